The molecule has 0 spiro atoms. The van der Waals surface area contributed by atoms with E-state index in [4.69, 9.17) is 0 Å². The summed E-state index contributed by atoms with van der Waals surface area (Å²) < 4.78 is 0. The van der Waals surface area contributed by atoms with Crippen molar-refractivity contribution in [1.82, 2.24) is 10.2 Å². The predicted molar refractivity (Wildman–Crippen MR) is 98.2 cm³/mol. The number of benzene rings is 1. The van der Waals surface area contributed by atoms with Crippen LogP contribution in [0.4, 0.5) is 0 Å². The van der Waals surface area contributed by atoms with E-state index < -0.39 is 5.54 Å². The molecule has 1 unspecified atom stereocenters. The summed E-state index contributed by atoms with van der Waals surface area (Å²) in [5.74, 6) is -0.173. The van der Waals surface area contributed by atoms with Crippen molar-refractivity contribution in [2.24, 2.45) is 5.41 Å². The zero-order valence-electron chi connectivity index (χ0n) is 15.5. The van der Waals surface area contributed by atoms with Gasteiger partial charge >= 0.3 is 0 Å². The van der Waals surface area contributed by atoms with Crippen LogP contribution in [0.5, 0.6) is 0 Å². The van der Waals surface area contributed by atoms with Crippen LogP contribution in [0.25, 0.3) is 0 Å². The van der Waals surface area contributed by atoms with Crippen molar-refractivity contribution < 1.29 is 14.7 Å². The van der Waals surface area contributed by atoms with Gasteiger partial charge in [0.2, 0.25) is 5.91 Å². The molecule has 5 heteroatoms. The number of carbonyl (C=O) groups excluding carboxylic acids is 2. The Kier molecular flexibility index (Phi) is 6.22. The Morgan fingerprint density at radius 1 is 1.28 bits per heavy atom. The maximum Gasteiger partial charge on any atom is 0.254 e. The zero-order valence-corrected chi connectivity index (χ0v) is 15.5. The lowest BCUT2D eigenvalue weighted by atomic mass is 9.89. The number of rotatable bonds is 7. The minimum atomic E-state index is -0.792. The summed E-state index contributed by atoms with van der Waals surface area (Å²) in [6.07, 6.45) is 3.16. The number of carbonyl (C=O) groups is 2. The van der Waals surface area contributed by atoms with Gasteiger partial charge in [-0.15, -0.1) is 0 Å². The largest absolute Gasteiger partial charge is 0.396 e. The van der Waals surface area contributed by atoms with Crippen LogP contribution in [0.2, 0.25) is 0 Å². The summed E-state index contributed by atoms with van der Waals surface area (Å²) in [5, 5.41) is 12.3. The summed E-state index contributed by atoms with van der Waals surface area (Å²) in [7, 11) is 0. The number of nitrogens with one attached hydrogen (secondary N) is 1. The minimum absolute atomic E-state index is 0.0860. The van der Waals surface area contributed by atoms with Crippen LogP contribution in [0.1, 0.15) is 56.8 Å². The van der Waals surface area contributed by atoms with Crippen LogP contribution >= 0.6 is 0 Å². The summed E-state index contributed by atoms with van der Waals surface area (Å²) in [6.45, 7) is 7.17. The van der Waals surface area contributed by atoms with Crippen molar-refractivity contribution in [1.29, 1.82) is 0 Å². The molecule has 5 nitrogen and oxygen atoms in total. The average Bonchev–Trinajstić information content (AvgIpc) is 3.01. The van der Waals surface area contributed by atoms with Gasteiger partial charge < -0.3 is 15.3 Å². The second kappa shape index (κ2) is 8.00. The molecule has 1 heterocycles. The normalized spacial score (nSPS) is 20.6. The van der Waals surface area contributed by atoms with E-state index in [1.807, 2.05) is 39.0 Å². The van der Waals surface area contributed by atoms with Crippen LogP contribution in [0.3, 0.4) is 0 Å². The van der Waals surface area contributed by atoms with Crippen molar-refractivity contribution in [3.63, 3.8) is 0 Å². The zero-order chi connectivity index (χ0) is 18.5. The highest BCUT2D eigenvalue weighted by Crippen LogP contribution is 2.31. The molecule has 2 amide bonds. The number of aliphatic hydroxyl groups excluding tert-OH is 1. The van der Waals surface area contributed by atoms with Gasteiger partial charge in [-0.25, -0.2) is 0 Å². The Hall–Kier alpha value is -1.88. The molecule has 1 saturated heterocycles. The average molecular weight is 346 g/mol. The second-order valence-corrected chi connectivity index (χ2v) is 7.88. The van der Waals surface area contributed by atoms with E-state index in [0.717, 1.165) is 19.3 Å². The van der Waals surface area contributed by atoms with E-state index in [1.54, 1.807) is 17.0 Å². The number of likely N-dealkylation sites (tertiary alicyclic amines) is 1. The summed E-state index contributed by atoms with van der Waals surface area (Å²) in [4.78, 5) is 27.2. The smallest absolute Gasteiger partial charge is 0.254 e. The molecular formula is C20H30N2O3. The Labute approximate surface area is 150 Å². The van der Waals surface area contributed by atoms with Gasteiger partial charge in [0.15, 0.2) is 0 Å². The summed E-state index contributed by atoms with van der Waals surface area (Å²) in [6, 6.07) is 9.12. The van der Waals surface area contributed by atoms with Crippen LogP contribution < -0.4 is 5.32 Å². The fourth-order valence-electron chi connectivity index (χ4n) is 3.30. The third-order valence-corrected chi connectivity index (χ3v) is 5.14. The molecule has 1 aliphatic rings. The van der Waals surface area contributed by atoms with Crippen LogP contribution in [0, 0.1) is 5.41 Å². The van der Waals surface area contributed by atoms with Gasteiger partial charge in [-0.05, 0) is 50.2 Å². The Bertz CT molecular complexity index is 600. The number of nitrogens with zero attached hydrogens (tertiary/aromatic N) is 1. The molecule has 1 fully saturated rings. The fourth-order valence-corrected chi connectivity index (χ4v) is 3.30. The molecule has 0 bridgehead atoms. The second-order valence-electron chi connectivity index (χ2n) is 7.88. The first kappa shape index (κ1) is 19.4. The van der Waals surface area contributed by atoms with Gasteiger partial charge in [0.1, 0.15) is 5.54 Å². The molecule has 0 aliphatic carbocycles. The number of amides is 2. The number of hydrogen-bond acceptors (Lipinski definition) is 3. The molecular weight excluding hydrogens is 316 g/mol. The van der Waals surface area contributed by atoms with E-state index in [2.05, 4.69) is 5.32 Å². The molecule has 0 aromatic heterocycles. The number of aliphatic hydroxyl groups is 1. The van der Waals surface area contributed by atoms with Crippen molar-refractivity contribution in [2.45, 2.75) is 52.0 Å². The SMILES string of the molecule is CC(C)(CO)CCCNC(=O)C1(C)CCCN1C(=O)c1ccccc1. The number of hydrogen-bond donors (Lipinski definition) is 2. The van der Waals surface area contributed by atoms with Gasteiger partial charge in [0.25, 0.3) is 5.91 Å². The highest BCUT2D eigenvalue weighted by atomic mass is 16.3. The Morgan fingerprint density at radius 2 is 1.96 bits per heavy atom. The Balaban J connectivity index is 1.96. The van der Waals surface area contributed by atoms with E-state index in [-0.39, 0.29) is 23.8 Å². The van der Waals surface area contributed by atoms with Crippen LogP contribution in [-0.4, -0.2) is 47.1 Å². The van der Waals surface area contributed by atoms with E-state index >= 15 is 0 Å². The summed E-state index contributed by atoms with van der Waals surface area (Å²) >= 11 is 0. The third kappa shape index (κ3) is 4.60. The van der Waals surface area contributed by atoms with Crippen molar-refractivity contribution >= 4 is 11.8 Å². The Morgan fingerprint density at radius 3 is 2.60 bits per heavy atom. The van der Waals surface area contributed by atoms with Crippen LogP contribution in [-0.2, 0) is 4.79 Å². The molecule has 2 rings (SSSR count). The van der Waals surface area contributed by atoms with Gasteiger partial charge in [0, 0.05) is 25.3 Å². The third-order valence-electron chi connectivity index (χ3n) is 5.14. The summed E-state index contributed by atoms with van der Waals surface area (Å²) in [5.41, 5.74) is -0.301. The highest BCUT2D eigenvalue weighted by Gasteiger charge is 2.45. The minimum Gasteiger partial charge on any atom is -0.396 e. The first-order valence-electron chi connectivity index (χ1n) is 9.06. The van der Waals surface area contributed by atoms with Crippen molar-refractivity contribution in [2.75, 3.05) is 19.7 Å². The topological polar surface area (TPSA) is 69.6 Å². The molecule has 1 aliphatic heterocycles. The molecule has 0 radical (unpaired) electrons. The maximum absolute atomic E-state index is 12.8. The highest BCUT2D eigenvalue weighted by molar-refractivity contribution is 5.99. The fraction of sp³-hybridized carbons (Fsp3) is 0.600. The first-order chi connectivity index (χ1) is 11.8. The molecule has 138 valence electrons. The quantitative estimate of drug-likeness (QED) is 0.746. The first-order valence-corrected chi connectivity index (χ1v) is 9.06. The van der Waals surface area contributed by atoms with Gasteiger partial charge in [0.05, 0.1) is 0 Å². The van der Waals surface area contributed by atoms with E-state index in [0.29, 0.717) is 25.1 Å². The standard InChI is InChI=1S/C20H30N2O3/c1-19(2,15-23)11-7-13-21-18(25)20(3)12-8-14-22(20)17(24)16-9-5-4-6-10-16/h4-6,9-10,23H,7-8,11-15H2,1-3H3,(H,21,25). The maximum atomic E-state index is 12.8. The van der Waals surface area contributed by atoms with Gasteiger partial charge in [-0.3, -0.25) is 9.59 Å². The van der Waals surface area contributed by atoms with Crippen molar-refractivity contribution in [3.8, 4) is 0 Å². The van der Waals surface area contributed by atoms with E-state index in [9.17, 15) is 14.7 Å². The van der Waals surface area contributed by atoms with Gasteiger partial charge in [-0.2, -0.15) is 0 Å². The molecule has 1 aromatic carbocycles. The molecule has 1 atom stereocenters. The van der Waals surface area contributed by atoms with Gasteiger partial charge in [-0.1, -0.05) is 32.0 Å². The van der Waals surface area contributed by atoms with Crippen LogP contribution in [0.15, 0.2) is 30.3 Å². The lowest BCUT2D eigenvalue weighted by Gasteiger charge is -2.34. The lowest BCUT2D eigenvalue weighted by molar-refractivity contribution is -0.129. The lowest BCUT2D eigenvalue weighted by Crippen LogP contribution is -2.55. The van der Waals surface area contributed by atoms with E-state index in [1.165, 1.54) is 0 Å². The van der Waals surface area contributed by atoms with Crippen molar-refractivity contribution in [3.05, 3.63) is 35.9 Å². The molecule has 25 heavy (non-hydrogen) atoms. The molecule has 1 aromatic rings. The predicted octanol–water partition coefficient (Wildman–Crippen LogP) is 2.60. The molecule has 2 N–H and O–H groups in total. The molecule has 0 saturated carbocycles. The monoisotopic (exact) mass is 346 g/mol.